The van der Waals surface area contributed by atoms with Crippen molar-refractivity contribution in [2.45, 2.75) is 11.3 Å². The Balaban J connectivity index is 1.97. The fourth-order valence-corrected chi connectivity index (χ4v) is 3.75. The second kappa shape index (κ2) is 7.87. The van der Waals surface area contributed by atoms with E-state index in [1.165, 1.54) is 10.8 Å². The first-order chi connectivity index (χ1) is 12.0. The molecule has 0 aliphatic rings. The van der Waals surface area contributed by atoms with Crippen molar-refractivity contribution in [1.29, 1.82) is 0 Å². The highest BCUT2D eigenvalue weighted by Crippen LogP contribution is 2.27. The van der Waals surface area contributed by atoms with Crippen molar-refractivity contribution in [2.24, 2.45) is 0 Å². The molecule has 3 rings (SSSR count). The molecule has 3 aromatic rings. The molecule has 132 valence electrons. The Morgan fingerprint density at radius 3 is 2.60 bits per heavy atom. The third kappa shape index (κ3) is 3.90. The Morgan fingerprint density at radius 2 is 1.92 bits per heavy atom. The molecule has 8 heteroatoms. The summed E-state index contributed by atoms with van der Waals surface area (Å²) in [5, 5.41) is 1.65. The summed E-state index contributed by atoms with van der Waals surface area (Å²) >= 11 is 16.0. The lowest BCUT2D eigenvalue weighted by atomic mass is 10.1. The number of rotatable bonds is 6. The van der Waals surface area contributed by atoms with Gasteiger partial charge in [0.2, 0.25) is 0 Å². The maximum Gasteiger partial charge on any atom is 0.263 e. The van der Waals surface area contributed by atoms with Gasteiger partial charge in [-0.15, -0.1) is 11.6 Å². The average Bonchev–Trinajstić information content (AvgIpc) is 2.94. The summed E-state index contributed by atoms with van der Waals surface area (Å²) in [7, 11) is 1.61. The van der Waals surface area contributed by atoms with E-state index >= 15 is 0 Å². The van der Waals surface area contributed by atoms with Crippen LogP contribution in [0.15, 0.2) is 47.5 Å². The Kier molecular flexibility index (Phi) is 5.79. The molecule has 2 aromatic carbocycles. The lowest BCUT2D eigenvalue weighted by Crippen LogP contribution is -2.13. The molecule has 0 aliphatic carbocycles. The molecule has 0 radical (unpaired) electrons. The van der Waals surface area contributed by atoms with Crippen LogP contribution in [0.4, 0.5) is 0 Å². The van der Waals surface area contributed by atoms with Crippen molar-refractivity contribution in [3.63, 3.8) is 0 Å². The first-order valence-electron chi connectivity index (χ1n) is 7.33. The third-order valence-corrected chi connectivity index (χ3v) is 5.52. The second-order valence-corrected chi connectivity index (χ2v) is 7.47. The molecule has 1 atom stereocenters. The number of fused-ring (bicyclic) bond motifs is 1. The van der Waals surface area contributed by atoms with Crippen LogP contribution < -0.4 is 9.02 Å². The molecular formula is C17H14Cl3NO3S. The summed E-state index contributed by atoms with van der Waals surface area (Å²) in [6, 6.07) is 10.3. The largest absolute Gasteiger partial charge is 0.497 e. The van der Waals surface area contributed by atoms with E-state index in [9.17, 15) is 4.21 Å². The van der Waals surface area contributed by atoms with E-state index in [4.69, 9.17) is 43.8 Å². The van der Waals surface area contributed by atoms with Crippen LogP contribution in [0.1, 0.15) is 5.56 Å². The summed E-state index contributed by atoms with van der Waals surface area (Å²) in [5.74, 6) is 1.19. The first kappa shape index (κ1) is 18.4. The van der Waals surface area contributed by atoms with Gasteiger partial charge >= 0.3 is 0 Å². The minimum atomic E-state index is -1.75. The van der Waals surface area contributed by atoms with E-state index in [-0.39, 0.29) is 0 Å². The van der Waals surface area contributed by atoms with Gasteiger partial charge in [0.25, 0.3) is 11.1 Å². The van der Waals surface area contributed by atoms with E-state index in [1.807, 2.05) is 18.2 Å². The van der Waals surface area contributed by atoms with Crippen LogP contribution in [0.25, 0.3) is 10.9 Å². The second-order valence-electron chi connectivity index (χ2n) is 5.19. The Morgan fingerprint density at radius 1 is 1.12 bits per heavy atom. The quantitative estimate of drug-likeness (QED) is 0.535. The summed E-state index contributed by atoms with van der Waals surface area (Å²) in [6.45, 7) is 0. The minimum Gasteiger partial charge on any atom is -0.497 e. The number of alkyl halides is 1. The monoisotopic (exact) mass is 417 g/mol. The predicted molar refractivity (Wildman–Crippen MR) is 102 cm³/mol. The number of aromatic nitrogens is 1. The van der Waals surface area contributed by atoms with Crippen LogP contribution in [0.3, 0.4) is 0 Å². The zero-order chi connectivity index (χ0) is 18.0. The maximum absolute atomic E-state index is 12.5. The number of nitrogens with zero attached hydrogens (tertiary/aromatic N) is 1. The van der Waals surface area contributed by atoms with Crippen molar-refractivity contribution < 1.29 is 13.2 Å². The van der Waals surface area contributed by atoms with Gasteiger partial charge in [-0.2, -0.15) is 4.73 Å². The number of methoxy groups -OCH3 is 1. The molecule has 0 spiro atoms. The smallest absolute Gasteiger partial charge is 0.263 e. The van der Waals surface area contributed by atoms with Crippen LogP contribution in [0.2, 0.25) is 10.0 Å². The lowest BCUT2D eigenvalue weighted by Gasteiger charge is -2.07. The van der Waals surface area contributed by atoms with Gasteiger partial charge in [0.1, 0.15) is 5.75 Å². The highest BCUT2D eigenvalue weighted by molar-refractivity contribution is 7.80. The Bertz CT molecular complexity index is 942. The molecule has 0 aliphatic heterocycles. The number of ether oxygens (including phenoxy) is 1. The molecule has 0 amide bonds. The summed E-state index contributed by atoms with van der Waals surface area (Å²) < 4.78 is 24.9. The topological polar surface area (TPSA) is 40.5 Å². The van der Waals surface area contributed by atoms with Gasteiger partial charge in [0.15, 0.2) is 0 Å². The molecule has 1 aromatic heterocycles. The molecule has 25 heavy (non-hydrogen) atoms. The molecule has 0 saturated carbocycles. The van der Waals surface area contributed by atoms with E-state index in [1.54, 1.807) is 25.4 Å². The van der Waals surface area contributed by atoms with Crippen molar-refractivity contribution in [2.75, 3.05) is 13.0 Å². The van der Waals surface area contributed by atoms with E-state index in [0.717, 1.165) is 22.2 Å². The summed E-state index contributed by atoms with van der Waals surface area (Å²) in [5.41, 5.74) is 1.75. The predicted octanol–water partition coefficient (Wildman–Crippen LogP) is 4.89. The van der Waals surface area contributed by atoms with Gasteiger partial charge < -0.3 is 9.02 Å². The highest BCUT2D eigenvalue weighted by Gasteiger charge is 2.14. The number of halogens is 3. The SMILES string of the molecule is COc1ccc2c(c1)c(CCCl)cn2OS(=O)c1ccc(Cl)c(Cl)c1. The fraction of sp³-hybridized carbons (Fsp3) is 0.176. The Labute approximate surface area is 162 Å². The van der Waals surface area contributed by atoms with Crippen LogP contribution in [0, 0.1) is 0 Å². The molecule has 4 nitrogen and oxygen atoms in total. The first-order valence-corrected chi connectivity index (χ1v) is 9.69. The van der Waals surface area contributed by atoms with Gasteiger partial charge in [-0.1, -0.05) is 23.2 Å². The van der Waals surface area contributed by atoms with E-state index < -0.39 is 11.1 Å². The van der Waals surface area contributed by atoms with Crippen molar-refractivity contribution in [3.8, 4) is 5.75 Å². The lowest BCUT2D eigenvalue weighted by molar-refractivity contribution is 0.317. The van der Waals surface area contributed by atoms with Crippen LogP contribution in [0.5, 0.6) is 5.75 Å². The molecule has 0 N–H and O–H groups in total. The zero-order valence-electron chi connectivity index (χ0n) is 13.2. The van der Waals surface area contributed by atoms with Gasteiger partial charge in [0, 0.05) is 17.5 Å². The number of aryl methyl sites for hydroxylation is 1. The van der Waals surface area contributed by atoms with Gasteiger partial charge in [-0.25, -0.2) is 4.21 Å². The van der Waals surface area contributed by atoms with Crippen molar-refractivity contribution >= 4 is 56.8 Å². The van der Waals surface area contributed by atoms with Crippen LogP contribution in [-0.2, 0) is 17.5 Å². The molecule has 0 saturated heterocycles. The van der Waals surface area contributed by atoms with Crippen LogP contribution in [-0.4, -0.2) is 21.9 Å². The van der Waals surface area contributed by atoms with Gasteiger partial charge in [-0.3, -0.25) is 0 Å². The maximum atomic E-state index is 12.5. The number of hydrogen-bond donors (Lipinski definition) is 0. The minimum absolute atomic E-state index is 0.320. The standard InChI is InChI=1S/C17H14Cl3NO3S/c1-23-12-2-5-17-14(8-12)11(6-7-18)10-21(17)24-25(22)13-3-4-15(19)16(20)9-13/h2-5,8-10H,6-7H2,1H3. The van der Waals surface area contributed by atoms with E-state index in [2.05, 4.69) is 0 Å². The number of hydrogen-bond acceptors (Lipinski definition) is 3. The van der Waals surface area contributed by atoms with E-state index in [0.29, 0.717) is 27.2 Å². The fourth-order valence-electron chi connectivity index (χ4n) is 2.43. The average molecular weight is 419 g/mol. The summed E-state index contributed by atoms with van der Waals surface area (Å²) in [4.78, 5) is 0.420. The zero-order valence-corrected chi connectivity index (χ0v) is 16.3. The van der Waals surface area contributed by atoms with Crippen molar-refractivity contribution in [1.82, 2.24) is 4.73 Å². The number of benzene rings is 2. The Hall–Kier alpha value is -1.40. The van der Waals surface area contributed by atoms with Crippen molar-refractivity contribution in [3.05, 3.63) is 58.2 Å². The normalized spacial score (nSPS) is 12.3. The molecule has 0 fully saturated rings. The summed E-state index contributed by atoms with van der Waals surface area (Å²) in [6.07, 6.45) is 2.43. The van der Waals surface area contributed by atoms with Crippen LogP contribution >= 0.6 is 34.8 Å². The van der Waals surface area contributed by atoms with Gasteiger partial charge in [-0.05, 0) is 48.4 Å². The van der Waals surface area contributed by atoms with Gasteiger partial charge in [0.05, 0.1) is 27.6 Å². The third-order valence-electron chi connectivity index (χ3n) is 3.66. The molecule has 1 heterocycles. The molecule has 0 bridgehead atoms. The molecular weight excluding hydrogens is 405 g/mol. The highest BCUT2D eigenvalue weighted by atomic mass is 35.5. The molecule has 1 unspecified atom stereocenters.